The van der Waals surface area contributed by atoms with Crippen LogP contribution < -0.4 is 5.32 Å². The van der Waals surface area contributed by atoms with E-state index in [0.717, 1.165) is 37.2 Å². The Balaban J connectivity index is 1.89. The molecule has 1 saturated carbocycles. The second-order valence-electron chi connectivity index (χ2n) is 4.69. The molecule has 94 valence electrons. The van der Waals surface area contributed by atoms with Crippen molar-refractivity contribution in [3.8, 4) is 0 Å². The number of amides is 1. The van der Waals surface area contributed by atoms with E-state index in [2.05, 4.69) is 14.9 Å². The van der Waals surface area contributed by atoms with Gasteiger partial charge in [0.25, 0.3) is 5.91 Å². The number of hydrogen-bond donors (Lipinski definition) is 2. The van der Waals surface area contributed by atoms with Crippen molar-refractivity contribution < 1.29 is 9.90 Å². The molecule has 0 saturated heterocycles. The molecular weight excluding hydrogens is 238 g/mol. The molecule has 0 radical (unpaired) electrons. The minimum Gasteiger partial charge on any atom is -0.396 e. The Morgan fingerprint density at radius 3 is 2.82 bits per heavy atom. The molecule has 1 amide bonds. The average molecular weight is 255 g/mol. The predicted molar refractivity (Wildman–Crippen MR) is 64.8 cm³/mol. The number of hydrogen-bond acceptors (Lipinski definition) is 5. The molecule has 0 unspecified atom stereocenters. The van der Waals surface area contributed by atoms with Crippen LogP contribution in [-0.2, 0) is 0 Å². The zero-order valence-electron chi connectivity index (χ0n) is 9.69. The topological polar surface area (TPSA) is 75.1 Å². The van der Waals surface area contributed by atoms with E-state index < -0.39 is 0 Å². The van der Waals surface area contributed by atoms with E-state index in [1.165, 1.54) is 6.42 Å². The summed E-state index contributed by atoms with van der Waals surface area (Å²) in [5.41, 5.74) is 0.232. The summed E-state index contributed by atoms with van der Waals surface area (Å²) in [6.45, 7) is 0.669. The van der Waals surface area contributed by atoms with Crippen molar-refractivity contribution >= 4 is 17.4 Å². The van der Waals surface area contributed by atoms with Gasteiger partial charge in [-0.2, -0.15) is 0 Å². The molecule has 0 aliphatic heterocycles. The summed E-state index contributed by atoms with van der Waals surface area (Å²) in [6.07, 6.45) is 5.47. The Kier molecular flexibility index (Phi) is 4.06. The summed E-state index contributed by atoms with van der Waals surface area (Å²) in [4.78, 5) is 11.7. The van der Waals surface area contributed by atoms with Gasteiger partial charge in [-0.3, -0.25) is 4.79 Å². The Hall–Kier alpha value is -1.01. The van der Waals surface area contributed by atoms with E-state index in [4.69, 9.17) is 0 Å². The molecule has 0 spiro atoms. The van der Waals surface area contributed by atoms with E-state index in [9.17, 15) is 9.90 Å². The first-order valence-electron chi connectivity index (χ1n) is 5.92. The molecule has 1 fully saturated rings. The maximum absolute atomic E-state index is 11.7. The summed E-state index contributed by atoms with van der Waals surface area (Å²) in [7, 11) is 0. The number of rotatable bonds is 4. The molecule has 5 nitrogen and oxygen atoms in total. The maximum atomic E-state index is 11.7. The van der Waals surface area contributed by atoms with Crippen molar-refractivity contribution in [2.45, 2.75) is 32.1 Å². The van der Waals surface area contributed by atoms with Crippen LogP contribution in [0.3, 0.4) is 0 Å². The fourth-order valence-electron chi connectivity index (χ4n) is 2.31. The van der Waals surface area contributed by atoms with Crippen LogP contribution in [0.5, 0.6) is 0 Å². The second kappa shape index (κ2) is 5.55. The molecule has 1 heterocycles. The zero-order valence-corrected chi connectivity index (χ0v) is 10.5. The Labute approximate surface area is 104 Å². The highest BCUT2D eigenvalue weighted by Crippen LogP contribution is 2.35. The van der Waals surface area contributed by atoms with Gasteiger partial charge in [-0.25, -0.2) is 0 Å². The van der Waals surface area contributed by atoms with Gasteiger partial charge in [-0.15, -0.1) is 5.10 Å². The molecule has 2 N–H and O–H groups in total. The van der Waals surface area contributed by atoms with Crippen LogP contribution in [0, 0.1) is 5.41 Å². The number of nitrogens with one attached hydrogen (secondary N) is 1. The lowest BCUT2D eigenvalue weighted by Crippen LogP contribution is -2.41. The lowest BCUT2D eigenvalue weighted by atomic mass is 9.74. The van der Waals surface area contributed by atoms with Gasteiger partial charge in [0.05, 0.1) is 6.61 Å². The highest BCUT2D eigenvalue weighted by molar-refractivity contribution is 7.03. The molecule has 1 aromatic heterocycles. The summed E-state index contributed by atoms with van der Waals surface area (Å²) in [6, 6.07) is 0. The fraction of sp³-hybridized carbons (Fsp3) is 0.727. The third-order valence-corrected chi connectivity index (χ3v) is 3.97. The lowest BCUT2D eigenvalue weighted by Gasteiger charge is -2.35. The van der Waals surface area contributed by atoms with E-state index in [-0.39, 0.29) is 17.9 Å². The number of aliphatic hydroxyl groups is 1. The first-order chi connectivity index (χ1) is 8.26. The van der Waals surface area contributed by atoms with Crippen molar-refractivity contribution in [1.82, 2.24) is 14.9 Å². The number of carbonyl (C=O) groups is 1. The van der Waals surface area contributed by atoms with Gasteiger partial charge < -0.3 is 10.4 Å². The number of aromatic nitrogens is 2. The third kappa shape index (κ3) is 3.01. The normalized spacial score (nSPS) is 18.9. The van der Waals surface area contributed by atoms with Crippen LogP contribution >= 0.6 is 11.5 Å². The van der Waals surface area contributed by atoms with Crippen LogP contribution in [0.25, 0.3) is 0 Å². The quantitative estimate of drug-likeness (QED) is 0.848. The number of nitrogens with zero attached hydrogens (tertiary/aromatic N) is 2. The summed E-state index contributed by atoms with van der Waals surface area (Å²) in [5, 5.41) is 17.7. The maximum Gasteiger partial charge on any atom is 0.272 e. The minimum absolute atomic E-state index is 0.128. The molecule has 0 bridgehead atoms. The molecule has 1 aliphatic rings. The van der Waals surface area contributed by atoms with Crippen molar-refractivity contribution in [3.05, 3.63) is 11.1 Å². The van der Waals surface area contributed by atoms with E-state index in [0.29, 0.717) is 12.2 Å². The summed E-state index contributed by atoms with van der Waals surface area (Å²) < 4.78 is 3.66. The Morgan fingerprint density at radius 2 is 2.24 bits per heavy atom. The fourth-order valence-corrected chi connectivity index (χ4v) is 2.75. The first-order valence-corrected chi connectivity index (χ1v) is 6.76. The minimum atomic E-state index is -0.197. The number of aliphatic hydroxyl groups excluding tert-OH is 1. The van der Waals surface area contributed by atoms with Crippen LogP contribution in [0.15, 0.2) is 5.38 Å². The zero-order chi connectivity index (χ0) is 12.1. The standard InChI is InChI=1S/C11H17N3O2S/c15-8-11(4-2-1-3-5-11)7-12-10(16)9-6-17-14-13-9/h6,15H,1-5,7-8H2,(H,12,16). The van der Waals surface area contributed by atoms with Crippen molar-refractivity contribution in [1.29, 1.82) is 0 Å². The summed E-state index contributed by atoms with van der Waals surface area (Å²) in [5.74, 6) is -0.197. The van der Waals surface area contributed by atoms with E-state index in [1.54, 1.807) is 5.38 Å². The predicted octanol–water partition coefficient (Wildman–Crippen LogP) is 1.21. The van der Waals surface area contributed by atoms with Gasteiger partial charge in [-0.05, 0) is 24.4 Å². The van der Waals surface area contributed by atoms with Crippen molar-refractivity contribution in [2.24, 2.45) is 5.41 Å². The van der Waals surface area contributed by atoms with Gasteiger partial charge in [0.1, 0.15) is 0 Å². The van der Waals surface area contributed by atoms with Crippen LogP contribution in [0.2, 0.25) is 0 Å². The first kappa shape index (κ1) is 12.4. The molecule has 2 rings (SSSR count). The van der Waals surface area contributed by atoms with Gasteiger partial charge in [0.15, 0.2) is 5.69 Å². The molecule has 6 heteroatoms. The van der Waals surface area contributed by atoms with Crippen molar-refractivity contribution in [3.63, 3.8) is 0 Å². The Morgan fingerprint density at radius 1 is 1.47 bits per heavy atom. The SMILES string of the molecule is O=C(NCC1(CO)CCCCC1)c1csnn1. The largest absolute Gasteiger partial charge is 0.396 e. The molecule has 0 atom stereocenters. The van der Waals surface area contributed by atoms with Crippen LogP contribution in [0.4, 0.5) is 0 Å². The molecule has 17 heavy (non-hydrogen) atoms. The highest BCUT2D eigenvalue weighted by Gasteiger charge is 2.31. The lowest BCUT2D eigenvalue weighted by molar-refractivity contribution is 0.0715. The monoisotopic (exact) mass is 255 g/mol. The van der Waals surface area contributed by atoms with Gasteiger partial charge in [-0.1, -0.05) is 23.8 Å². The van der Waals surface area contributed by atoms with E-state index >= 15 is 0 Å². The van der Waals surface area contributed by atoms with Gasteiger partial charge in [0.2, 0.25) is 0 Å². The smallest absolute Gasteiger partial charge is 0.272 e. The molecule has 1 aromatic rings. The molecular formula is C11H17N3O2S. The Bertz CT molecular complexity index is 361. The third-order valence-electron chi connectivity index (χ3n) is 3.47. The second-order valence-corrected chi connectivity index (χ2v) is 5.30. The number of carbonyl (C=O) groups excluding carboxylic acids is 1. The molecule has 1 aliphatic carbocycles. The molecule has 0 aromatic carbocycles. The van der Waals surface area contributed by atoms with Gasteiger partial charge in [0, 0.05) is 17.3 Å². The highest BCUT2D eigenvalue weighted by atomic mass is 32.1. The summed E-state index contributed by atoms with van der Waals surface area (Å²) >= 11 is 1.16. The van der Waals surface area contributed by atoms with Crippen LogP contribution in [-0.4, -0.2) is 33.8 Å². The van der Waals surface area contributed by atoms with Gasteiger partial charge >= 0.3 is 0 Å². The average Bonchev–Trinajstić information content (AvgIpc) is 2.91. The van der Waals surface area contributed by atoms with Crippen LogP contribution in [0.1, 0.15) is 42.6 Å². The van der Waals surface area contributed by atoms with E-state index in [1.807, 2.05) is 0 Å². The van der Waals surface area contributed by atoms with Crippen molar-refractivity contribution in [2.75, 3.05) is 13.2 Å².